The maximum Gasteiger partial charge on any atom is 0.228 e. The molecule has 104 valence electrons. The standard InChI is InChI=1S/C11H21N5O.HI/c1-8-14-9(17-16-8)6-7-13-10(12-5)15-11(2,3)4;/h6-7H2,1-5H3,(H2,12,13,15);1H. The minimum Gasteiger partial charge on any atom is -0.356 e. The Labute approximate surface area is 125 Å². The normalized spacial score (nSPS) is 11.9. The van der Waals surface area contributed by atoms with Crippen molar-refractivity contribution < 1.29 is 4.52 Å². The van der Waals surface area contributed by atoms with Gasteiger partial charge in [0.2, 0.25) is 5.89 Å². The summed E-state index contributed by atoms with van der Waals surface area (Å²) < 4.78 is 5.02. The molecule has 1 heterocycles. The van der Waals surface area contributed by atoms with Crippen LogP contribution in [0.25, 0.3) is 0 Å². The summed E-state index contributed by atoms with van der Waals surface area (Å²) in [7, 11) is 1.75. The lowest BCUT2D eigenvalue weighted by atomic mass is 10.1. The summed E-state index contributed by atoms with van der Waals surface area (Å²) in [5.74, 6) is 2.08. The molecule has 0 spiro atoms. The Morgan fingerprint density at radius 3 is 2.50 bits per heavy atom. The van der Waals surface area contributed by atoms with Gasteiger partial charge in [-0.25, -0.2) is 0 Å². The summed E-state index contributed by atoms with van der Waals surface area (Å²) >= 11 is 0. The van der Waals surface area contributed by atoms with Crippen LogP contribution in [0.2, 0.25) is 0 Å². The summed E-state index contributed by atoms with van der Waals surface area (Å²) in [5.41, 5.74) is -0.0110. The highest BCUT2D eigenvalue weighted by Crippen LogP contribution is 1.98. The lowest BCUT2D eigenvalue weighted by Gasteiger charge is -2.23. The number of aromatic nitrogens is 2. The van der Waals surface area contributed by atoms with Crippen LogP contribution in [0.3, 0.4) is 0 Å². The highest BCUT2D eigenvalue weighted by molar-refractivity contribution is 14.0. The number of aliphatic imine (C=N–C) groups is 1. The first kappa shape index (κ1) is 17.1. The molecule has 7 heteroatoms. The first-order chi connectivity index (χ1) is 7.90. The summed E-state index contributed by atoms with van der Waals surface area (Å²) in [6.07, 6.45) is 0.686. The van der Waals surface area contributed by atoms with Gasteiger partial charge in [0.25, 0.3) is 0 Å². The Morgan fingerprint density at radius 2 is 2.06 bits per heavy atom. The Morgan fingerprint density at radius 1 is 1.39 bits per heavy atom. The molecule has 18 heavy (non-hydrogen) atoms. The molecule has 0 amide bonds. The van der Waals surface area contributed by atoms with E-state index < -0.39 is 0 Å². The van der Waals surface area contributed by atoms with Gasteiger partial charge in [-0.3, -0.25) is 4.99 Å². The van der Waals surface area contributed by atoms with Crippen molar-refractivity contribution in [3.8, 4) is 0 Å². The van der Waals surface area contributed by atoms with Crippen molar-refractivity contribution in [2.24, 2.45) is 4.99 Å². The van der Waals surface area contributed by atoms with Gasteiger partial charge < -0.3 is 15.2 Å². The van der Waals surface area contributed by atoms with Crippen LogP contribution in [-0.2, 0) is 6.42 Å². The van der Waals surface area contributed by atoms with Crippen molar-refractivity contribution in [2.45, 2.75) is 39.7 Å². The molecule has 0 aliphatic rings. The molecule has 2 N–H and O–H groups in total. The molecule has 1 aromatic rings. The van der Waals surface area contributed by atoms with Crippen molar-refractivity contribution in [3.05, 3.63) is 11.7 Å². The molecule has 0 saturated carbocycles. The number of halogens is 1. The van der Waals surface area contributed by atoms with E-state index in [0.717, 1.165) is 5.96 Å². The van der Waals surface area contributed by atoms with Gasteiger partial charge in [-0.15, -0.1) is 24.0 Å². The van der Waals surface area contributed by atoms with Crippen molar-refractivity contribution in [1.29, 1.82) is 0 Å². The topological polar surface area (TPSA) is 75.3 Å². The van der Waals surface area contributed by atoms with E-state index >= 15 is 0 Å². The van der Waals surface area contributed by atoms with Crippen LogP contribution in [0.1, 0.15) is 32.5 Å². The van der Waals surface area contributed by atoms with Gasteiger partial charge >= 0.3 is 0 Å². The molecule has 0 aliphatic heterocycles. The highest BCUT2D eigenvalue weighted by atomic mass is 127. The number of hydrogen-bond acceptors (Lipinski definition) is 4. The van der Waals surface area contributed by atoms with E-state index in [1.165, 1.54) is 0 Å². The number of nitrogens with zero attached hydrogens (tertiary/aromatic N) is 3. The highest BCUT2D eigenvalue weighted by Gasteiger charge is 2.11. The number of guanidine groups is 1. The van der Waals surface area contributed by atoms with Gasteiger partial charge in [-0.05, 0) is 27.7 Å². The zero-order valence-electron chi connectivity index (χ0n) is 11.6. The third-order valence-electron chi connectivity index (χ3n) is 1.92. The summed E-state index contributed by atoms with van der Waals surface area (Å²) in [6.45, 7) is 8.77. The molecule has 0 saturated heterocycles. The maximum absolute atomic E-state index is 5.02. The van der Waals surface area contributed by atoms with Crippen LogP contribution in [0, 0.1) is 6.92 Å². The lowest BCUT2D eigenvalue weighted by molar-refractivity contribution is 0.374. The molecular weight excluding hydrogens is 345 g/mol. The van der Waals surface area contributed by atoms with Gasteiger partial charge in [0.15, 0.2) is 11.8 Å². The first-order valence-electron chi connectivity index (χ1n) is 5.69. The van der Waals surface area contributed by atoms with E-state index in [-0.39, 0.29) is 29.5 Å². The zero-order valence-corrected chi connectivity index (χ0v) is 13.9. The predicted octanol–water partition coefficient (Wildman–Crippen LogP) is 1.50. The number of hydrogen-bond donors (Lipinski definition) is 2. The average Bonchev–Trinajstić information content (AvgIpc) is 2.61. The van der Waals surface area contributed by atoms with Crippen LogP contribution in [0.5, 0.6) is 0 Å². The van der Waals surface area contributed by atoms with Crippen LogP contribution in [-0.4, -0.2) is 35.2 Å². The number of nitrogens with one attached hydrogen (secondary N) is 2. The van der Waals surface area contributed by atoms with Crippen molar-refractivity contribution >= 4 is 29.9 Å². The Hall–Kier alpha value is -0.860. The molecule has 0 atom stereocenters. The second-order valence-electron chi connectivity index (χ2n) is 4.86. The van der Waals surface area contributed by atoms with Crippen molar-refractivity contribution in [2.75, 3.05) is 13.6 Å². The minimum absolute atomic E-state index is 0. The lowest BCUT2D eigenvalue weighted by Crippen LogP contribution is -2.48. The van der Waals surface area contributed by atoms with E-state index in [1.807, 2.05) is 0 Å². The zero-order chi connectivity index (χ0) is 12.9. The molecule has 6 nitrogen and oxygen atoms in total. The van der Waals surface area contributed by atoms with E-state index in [2.05, 4.69) is 46.5 Å². The fraction of sp³-hybridized carbons (Fsp3) is 0.727. The Bertz CT molecular complexity index is 383. The SMILES string of the molecule is CN=C(NCCc1nc(C)no1)NC(C)(C)C.I. The number of rotatable bonds is 3. The molecule has 0 aliphatic carbocycles. The summed E-state index contributed by atoms with van der Waals surface area (Å²) in [4.78, 5) is 8.27. The summed E-state index contributed by atoms with van der Waals surface area (Å²) in [6, 6.07) is 0. The molecule has 0 aromatic carbocycles. The quantitative estimate of drug-likeness (QED) is 0.481. The first-order valence-corrected chi connectivity index (χ1v) is 5.69. The maximum atomic E-state index is 5.02. The van der Waals surface area contributed by atoms with Crippen LogP contribution < -0.4 is 10.6 Å². The van der Waals surface area contributed by atoms with E-state index in [4.69, 9.17) is 4.52 Å². The van der Waals surface area contributed by atoms with Gasteiger partial charge in [0, 0.05) is 25.6 Å². The van der Waals surface area contributed by atoms with Crippen molar-refractivity contribution in [1.82, 2.24) is 20.8 Å². The second-order valence-corrected chi connectivity index (χ2v) is 4.86. The van der Waals surface area contributed by atoms with E-state index in [0.29, 0.717) is 24.7 Å². The Kier molecular flexibility index (Phi) is 7.19. The fourth-order valence-electron chi connectivity index (χ4n) is 1.26. The van der Waals surface area contributed by atoms with Gasteiger partial charge in [0.05, 0.1) is 0 Å². The molecule has 0 fully saturated rings. The van der Waals surface area contributed by atoms with Crippen molar-refractivity contribution in [3.63, 3.8) is 0 Å². The minimum atomic E-state index is -0.0110. The summed E-state index contributed by atoms with van der Waals surface area (Å²) in [5, 5.41) is 10.2. The van der Waals surface area contributed by atoms with Crippen LogP contribution in [0.4, 0.5) is 0 Å². The molecule has 0 radical (unpaired) electrons. The molecule has 1 aromatic heterocycles. The van der Waals surface area contributed by atoms with Crippen LogP contribution >= 0.6 is 24.0 Å². The van der Waals surface area contributed by atoms with Gasteiger partial charge in [0.1, 0.15) is 0 Å². The largest absolute Gasteiger partial charge is 0.356 e. The molecule has 1 rings (SSSR count). The third kappa shape index (κ3) is 6.77. The van der Waals surface area contributed by atoms with Crippen LogP contribution in [0.15, 0.2) is 9.52 Å². The van der Waals surface area contributed by atoms with E-state index in [1.54, 1.807) is 14.0 Å². The monoisotopic (exact) mass is 367 g/mol. The molecular formula is C11H22IN5O. The van der Waals surface area contributed by atoms with Gasteiger partial charge in [-0.1, -0.05) is 5.16 Å². The number of aryl methyl sites for hydroxylation is 1. The third-order valence-corrected chi connectivity index (χ3v) is 1.92. The Balaban J connectivity index is 0.00000289. The second kappa shape index (κ2) is 7.55. The average molecular weight is 367 g/mol. The van der Waals surface area contributed by atoms with E-state index in [9.17, 15) is 0 Å². The molecule has 0 bridgehead atoms. The fourth-order valence-corrected chi connectivity index (χ4v) is 1.26. The van der Waals surface area contributed by atoms with Gasteiger partial charge in [-0.2, -0.15) is 4.98 Å². The molecule has 0 unspecified atom stereocenters. The smallest absolute Gasteiger partial charge is 0.228 e. The predicted molar refractivity (Wildman–Crippen MR) is 82.4 cm³/mol.